The predicted molar refractivity (Wildman–Crippen MR) is 143 cm³/mol. The second-order valence-electron chi connectivity index (χ2n) is 6.99. The SMILES string of the molecule is CCN(CC)CC.c1ccc(P(c2ccccc2)c2ccccc2)cc1.c1ccncc1. The summed E-state index contributed by atoms with van der Waals surface area (Å²) >= 11 is 0. The molecule has 0 aliphatic rings. The lowest BCUT2D eigenvalue weighted by atomic mass is 10.4. The van der Waals surface area contributed by atoms with Crippen LogP contribution in [0.4, 0.5) is 0 Å². The van der Waals surface area contributed by atoms with E-state index in [0.717, 1.165) is 0 Å². The van der Waals surface area contributed by atoms with Crippen LogP contribution in [0.5, 0.6) is 0 Å². The first-order valence-electron chi connectivity index (χ1n) is 11.3. The largest absolute Gasteiger partial charge is 0.304 e. The minimum absolute atomic E-state index is 0.446. The summed E-state index contributed by atoms with van der Waals surface area (Å²) in [5, 5.41) is 4.19. The molecule has 0 radical (unpaired) electrons. The Kier molecular flexibility index (Phi) is 12.7. The molecule has 0 saturated heterocycles. The van der Waals surface area contributed by atoms with Crippen molar-refractivity contribution in [2.24, 2.45) is 0 Å². The highest BCUT2D eigenvalue weighted by molar-refractivity contribution is 7.79. The maximum Gasteiger partial charge on any atom is 0.0267 e. The van der Waals surface area contributed by atoms with Crippen molar-refractivity contribution in [2.75, 3.05) is 19.6 Å². The molecule has 4 aromatic rings. The molecule has 32 heavy (non-hydrogen) atoms. The molecule has 1 heterocycles. The van der Waals surface area contributed by atoms with E-state index in [1.54, 1.807) is 12.4 Å². The fourth-order valence-corrected chi connectivity index (χ4v) is 5.47. The molecule has 0 spiro atoms. The summed E-state index contributed by atoms with van der Waals surface area (Å²) in [4.78, 5) is 6.16. The van der Waals surface area contributed by atoms with Crippen LogP contribution in [-0.4, -0.2) is 29.5 Å². The zero-order valence-corrected chi connectivity index (χ0v) is 20.4. The maximum atomic E-state index is 3.78. The van der Waals surface area contributed by atoms with Crippen LogP contribution in [0.25, 0.3) is 0 Å². The van der Waals surface area contributed by atoms with Gasteiger partial charge < -0.3 is 4.90 Å². The van der Waals surface area contributed by atoms with Gasteiger partial charge in [-0.25, -0.2) is 0 Å². The second-order valence-corrected chi connectivity index (χ2v) is 9.21. The highest BCUT2D eigenvalue weighted by Gasteiger charge is 2.14. The fourth-order valence-electron chi connectivity index (χ4n) is 3.16. The van der Waals surface area contributed by atoms with Gasteiger partial charge in [-0.15, -0.1) is 0 Å². The van der Waals surface area contributed by atoms with Crippen molar-refractivity contribution in [3.63, 3.8) is 0 Å². The van der Waals surface area contributed by atoms with E-state index in [9.17, 15) is 0 Å². The normalized spacial score (nSPS) is 10.0. The van der Waals surface area contributed by atoms with Crippen LogP contribution in [0.2, 0.25) is 0 Å². The first kappa shape index (κ1) is 25.5. The summed E-state index contributed by atoms with van der Waals surface area (Å²) in [6.07, 6.45) is 3.50. The molecule has 3 aromatic carbocycles. The molecule has 0 saturated carbocycles. The highest BCUT2D eigenvalue weighted by Crippen LogP contribution is 2.32. The summed E-state index contributed by atoms with van der Waals surface area (Å²) in [7, 11) is -0.446. The molecule has 166 valence electrons. The number of hydrogen-bond acceptors (Lipinski definition) is 2. The van der Waals surface area contributed by atoms with Gasteiger partial charge in [-0.3, -0.25) is 4.98 Å². The average molecular weight is 443 g/mol. The Balaban J connectivity index is 0.000000229. The van der Waals surface area contributed by atoms with E-state index in [1.807, 2.05) is 18.2 Å². The lowest BCUT2D eigenvalue weighted by molar-refractivity contribution is 0.321. The van der Waals surface area contributed by atoms with Gasteiger partial charge in [0.15, 0.2) is 0 Å². The van der Waals surface area contributed by atoms with Gasteiger partial charge in [-0.05, 0) is 55.6 Å². The van der Waals surface area contributed by atoms with Crippen LogP contribution in [0.3, 0.4) is 0 Å². The Morgan fingerprint density at radius 3 is 1.00 bits per heavy atom. The number of benzene rings is 3. The molecule has 0 atom stereocenters. The van der Waals surface area contributed by atoms with E-state index in [2.05, 4.69) is 122 Å². The molecule has 3 heteroatoms. The Bertz CT molecular complexity index is 802. The number of aromatic nitrogens is 1. The number of nitrogens with zero attached hydrogens (tertiary/aromatic N) is 2. The van der Waals surface area contributed by atoms with Crippen molar-refractivity contribution < 1.29 is 0 Å². The van der Waals surface area contributed by atoms with E-state index >= 15 is 0 Å². The highest BCUT2D eigenvalue weighted by atomic mass is 31.1. The molecule has 0 aliphatic heterocycles. The standard InChI is InChI=1S/C18H15P.C6H15N.C5H5N/c1-4-10-16(11-5-1)19(17-12-6-2-7-13-17)18-14-8-3-9-15-18;1-4-7(5-2)6-3;1-2-4-6-5-3-1/h1-15H;4-6H2,1-3H3;1-5H. The number of rotatable bonds is 6. The van der Waals surface area contributed by atoms with Gasteiger partial charge in [0.1, 0.15) is 0 Å². The summed E-state index contributed by atoms with van der Waals surface area (Å²) in [5.74, 6) is 0. The Morgan fingerprint density at radius 2 is 0.812 bits per heavy atom. The van der Waals surface area contributed by atoms with Gasteiger partial charge >= 0.3 is 0 Å². The third-order valence-corrected chi connectivity index (χ3v) is 7.39. The van der Waals surface area contributed by atoms with E-state index in [4.69, 9.17) is 0 Å². The quantitative estimate of drug-likeness (QED) is 0.347. The summed E-state index contributed by atoms with van der Waals surface area (Å²) < 4.78 is 0. The van der Waals surface area contributed by atoms with Crippen LogP contribution in [0.15, 0.2) is 122 Å². The van der Waals surface area contributed by atoms with Gasteiger partial charge in [0.25, 0.3) is 0 Å². The number of pyridine rings is 1. The summed E-state index contributed by atoms with van der Waals surface area (Å²) in [6.45, 7) is 10.1. The zero-order chi connectivity index (χ0) is 22.9. The summed E-state index contributed by atoms with van der Waals surface area (Å²) in [5.41, 5.74) is 0. The van der Waals surface area contributed by atoms with Crippen molar-refractivity contribution in [2.45, 2.75) is 20.8 Å². The van der Waals surface area contributed by atoms with Crippen molar-refractivity contribution in [3.8, 4) is 0 Å². The van der Waals surface area contributed by atoms with Crippen LogP contribution in [0, 0.1) is 0 Å². The van der Waals surface area contributed by atoms with Gasteiger partial charge in [0.05, 0.1) is 0 Å². The Hall–Kier alpha value is -2.80. The summed E-state index contributed by atoms with van der Waals surface area (Å²) in [6, 6.07) is 38.0. The van der Waals surface area contributed by atoms with Crippen LogP contribution in [0.1, 0.15) is 20.8 Å². The molecule has 0 N–H and O–H groups in total. The number of hydrogen-bond donors (Lipinski definition) is 0. The fraction of sp³-hybridized carbons (Fsp3) is 0.207. The topological polar surface area (TPSA) is 16.1 Å². The second kappa shape index (κ2) is 15.9. The molecular formula is C29H35N2P. The smallest absolute Gasteiger partial charge is 0.0267 e. The van der Waals surface area contributed by atoms with Crippen molar-refractivity contribution >= 4 is 23.8 Å². The van der Waals surface area contributed by atoms with Gasteiger partial charge in [-0.1, -0.05) is 118 Å². The van der Waals surface area contributed by atoms with Crippen LogP contribution >= 0.6 is 7.92 Å². The third kappa shape index (κ3) is 9.14. The molecule has 0 aliphatic carbocycles. The maximum absolute atomic E-state index is 3.78. The monoisotopic (exact) mass is 442 g/mol. The lowest BCUT2D eigenvalue weighted by Gasteiger charge is -2.18. The molecule has 0 fully saturated rings. The van der Waals surface area contributed by atoms with Gasteiger partial charge in [-0.2, -0.15) is 0 Å². The van der Waals surface area contributed by atoms with E-state index in [1.165, 1.54) is 35.5 Å². The molecular weight excluding hydrogens is 407 g/mol. The first-order chi connectivity index (χ1) is 15.8. The van der Waals surface area contributed by atoms with Crippen LogP contribution in [-0.2, 0) is 0 Å². The van der Waals surface area contributed by atoms with Gasteiger partial charge in [0, 0.05) is 12.4 Å². The van der Waals surface area contributed by atoms with E-state index < -0.39 is 7.92 Å². The minimum atomic E-state index is -0.446. The third-order valence-electron chi connectivity index (χ3n) is 4.95. The molecule has 0 unspecified atom stereocenters. The Morgan fingerprint density at radius 1 is 0.500 bits per heavy atom. The van der Waals surface area contributed by atoms with E-state index in [0.29, 0.717) is 0 Å². The molecule has 0 bridgehead atoms. The minimum Gasteiger partial charge on any atom is -0.304 e. The molecule has 4 rings (SSSR count). The molecule has 0 amide bonds. The zero-order valence-electron chi connectivity index (χ0n) is 19.5. The molecule has 1 aromatic heterocycles. The van der Waals surface area contributed by atoms with Crippen molar-refractivity contribution in [1.82, 2.24) is 9.88 Å². The predicted octanol–water partition coefficient (Wildman–Crippen LogP) is 5.87. The lowest BCUT2D eigenvalue weighted by Crippen LogP contribution is -2.21. The van der Waals surface area contributed by atoms with Gasteiger partial charge in [0.2, 0.25) is 0 Å². The van der Waals surface area contributed by atoms with Crippen molar-refractivity contribution in [1.29, 1.82) is 0 Å². The van der Waals surface area contributed by atoms with Crippen molar-refractivity contribution in [3.05, 3.63) is 122 Å². The van der Waals surface area contributed by atoms with E-state index in [-0.39, 0.29) is 0 Å². The molecule has 2 nitrogen and oxygen atoms in total. The van der Waals surface area contributed by atoms with Crippen LogP contribution < -0.4 is 15.9 Å². The average Bonchev–Trinajstić information content (AvgIpc) is 2.89. The first-order valence-corrected chi connectivity index (χ1v) is 12.7. The Labute approximate surface area is 195 Å².